The number of aliphatic imine (C=N–C) groups is 1. The average Bonchev–Trinajstić information content (AvgIpc) is 3.21. The van der Waals surface area contributed by atoms with Gasteiger partial charge in [-0.25, -0.2) is 4.99 Å². The summed E-state index contributed by atoms with van der Waals surface area (Å²) < 4.78 is 0. The van der Waals surface area contributed by atoms with Crippen LogP contribution in [0.2, 0.25) is 0 Å². The lowest BCUT2D eigenvalue weighted by molar-refractivity contribution is 0.912. The summed E-state index contributed by atoms with van der Waals surface area (Å²) >= 11 is 3.47. The third kappa shape index (κ3) is 4.98. The van der Waals surface area contributed by atoms with Crippen molar-refractivity contribution in [2.24, 2.45) is 4.99 Å². The molecule has 4 rings (SSSR count). The normalized spacial score (nSPS) is 14.2. The molecule has 28 heavy (non-hydrogen) atoms. The number of rotatable bonds is 5. The van der Waals surface area contributed by atoms with Crippen LogP contribution in [-0.4, -0.2) is 5.04 Å². The van der Waals surface area contributed by atoms with Gasteiger partial charge in [0.05, 0.1) is 5.69 Å². The van der Waals surface area contributed by atoms with Crippen LogP contribution in [-0.2, 0) is 12.8 Å². The predicted octanol–water partition coefficient (Wildman–Crippen LogP) is 7.69. The predicted molar refractivity (Wildman–Crippen MR) is 124 cm³/mol. The standard InChI is InChI=1S/C25H23NS2/c1-19(18-27-23-11-4-2-5-12-23)25(28-24-13-6-3-7-14-24)26-22-16-15-20-9-8-10-21(20)17-22/h2-7,11-18H,8-10H2,1H3/b19-18+,26-25?. The van der Waals surface area contributed by atoms with Crippen LogP contribution >= 0.6 is 23.5 Å². The fourth-order valence-corrected chi connectivity index (χ4v) is 4.94. The van der Waals surface area contributed by atoms with Crippen LogP contribution in [0.5, 0.6) is 0 Å². The van der Waals surface area contributed by atoms with Gasteiger partial charge in [0.25, 0.3) is 0 Å². The molecule has 0 unspecified atom stereocenters. The number of hydrogen-bond acceptors (Lipinski definition) is 3. The molecule has 3 aromatic rings. The van der Waals surface area contributed by atoms with Crippen molar-refractivity contribution >= 4 is 34.3 Å². The number of benzene rings is 3. The Labute approximate surface area is 176 Å². The maximum absolute atomic E-state index is 5.04. The van der Waals surface area contributed by atoms with Gasteiger partial charge >= 0.3 is 0 Å². The second-order valence-corrected chi connectivity index (χ2v) is 8.88. The van der Waals surface area contributed by atoms with Gasteiger partial charge in [0.2, 0.25) is 0 Å². The van der Waals surface area contributed by atoms with Gasteiger partial charge < -0.3 is 0 Å². The molecule has 0 N–H and O–H groups in total. The topological polar surface area (TPSA) is 12.4 Å². The van der Waals surface area contributed by atoms with E-state index in [0.29, 0.717) is 0 Å². The molecule has 0 radical (unpaired) electrons. The zero-order valence-corrected chi connectivity index (χ0v) is 17.6. The van der Waals surface area contributed by atoms with Gasteiger partial charge in [0.1, 0.15) is 5.04 Å². The highest BCUT2D eigenvalue weighted by Gasteiger charge is 2.12. The maximum Gasteiger partial charge on any atom is 0.105 e. The Morgan fingerprint density at radius 1 is 0.821 bits per heavy atom. The molecule has 0 aromatic heterocycles. The van der Waals surface area contributed by atoms with Gasteiger partial charge in [0.15, 0.2) is 0 Å². The molecule has 0 amide bonds. The van der Waals surface area contributed by atoms with E-state index < -0.39 is 0 Å². The summed E-state index contributed by atoms with van der Waals surface area (Å²) in [6.45, 7) is 2.15. The lowest BCUT2D eigenvalue weighted by Gasteiger charge is -2.09. The summed E-state index contributed by atoms with van der Waals surface area (Å²) in [5.74, 6) is 0. The minimum atomic E-state index is 1.05. The average molecular weight is 402 g/mol. The molecular weight excluding hydrogens is 378 g/mol. The van der Waals surface area contributed by atoms with Crippen molar-refractivity contribution in [2.45, 2.75) is 36.0 Å². The molecule has 1 nitrogen and oxygen atoms in total. The summed E-state index contributed by atoms with van der Waals surface area (Å²) in [5, 5.41) is 3.25. The number of thioether (sulfide) groups is 2. The van der Waals surface area contributed by atoms with E-state index in [2.05, 4.69) is 85.1 Å². The van der Waals surface area contributed by atoms with Crippen molar-refractivity contribution in [3.8, 4) is 0 Å². The molecule has 0 fully saturated rings. The Balaban J connectivity index is 1.63. The lowest BCUT2D eigenvalue weighted by atomic mass is 10.1. The third-order valence-corrected chi connectivity index (χ3v) is 6.85. The van der Waals surface area contributed by atoms with E-state index in [4.69, 9.17) is 4.99 Å². The molecule has 3 heteroatoms. The largest absolute Gasteiger partial charge is 0.241 e. The summed E-state index contributed by atoms with van der Waals surface area (Å²) in [7, 11) is 0. The number of nitrogens with zero attached hydrogens (tertiary/aromatic N) is 1. The van der Waals surface area contributed by atoms with Crippen molar-refractivity contribution < 1.29 is 0 Å². The van der Waals surface area contributed by atoms with E-state index in [1.807, 2.05) is 6.07 Å². The fourth-order valence-electron chi connectivity index (χ4n) is 3.24. The highest BCUT2D eigenvalue weighted by atomic mass is 32.2. The minimum Gasteiger partial charge on any atom is -0.241 e. The van der Waals surface area contributed by atoms with Crippen LogP contribution < -0.4 is 0 Å². The molecule has 0 bridgehead atoms. The molecule has 140 valence electrons. The van der Waals surface area contributed by atoms with E-state index in [1.165, 1.54) is 45.8 Å². The van der Waals surface area contributed by atoms with Gasteiger partial charge in [-0.1, -0.05) is 66.0 Å². The zero-order valence-electron chi connectivity index (χ0n) is 16.0. The van der Waals surface area contributed by atoms with Crippen LogP contribution in [0.25, 0.3) is 0 Å². The van der Waals surface area contributed by atoms with E-state index in [1.54, 1.807) is 23.5 Å². The van der Waals surface area contributed by atoms with E-state index in [-0.39, 0.29) is 0 Å². The summed E-state index contributed by atoms with van der Waals surface area (Å²) in [4.78, 5) is 7.49. The molecular formula is C25H23NS2. The molecule has 1 aliphatic carbocycles. The summed E-state index contributed by atoms with van der Waals surface area (Å²) in [5.41, 5.74) is 5.19. The van der Waals surface area contributed by atoms with Gasteiger partial charge in [-0.05, 0) is 84.7 Å². The number of fused-ring (bicyclic) bond motifs is 1. The highest BCUT2D eigenvalue weighted by Crippen LogP contribution is 2.31. The Morgan fingerprint density at radius 3 is 2.25 bits per heavy atom. The van der Waals surface area contributed by atoms with E-state index >= 15 is 0 Å². The number of aryl methyl sites for hydroxylation is 2. The van der Waals surface area contributed by atoms with E-state index in [9.17, 15) is 0 Å². The Kier molecular flexibility index (Phi) is 6.35. The van der Waals surface area contributed by atoms with Gasteiger partial charge in [-0.2, -0.15) is 0 Å². The fraction of sp³-hybridized carbons (Fsp3) is 0.160. The first kappa shape index (κ1) is 19.1. The van der Waals surface area contributed by atoms with Crippen molar-refractivity contribution in [1.82, 2.24) is 0 Å². The van der Waals surface area contributed by atoms with Crippen LogP contribution in [0.4, 0.5) is 5.69 Å². The monoisotopic (exact) mass is 401 g/mol. The summed E-state index contributed by atoms with van der Waals surface area (Å²) in [6, 6.07) is 27.6. The molecule has 0 saturated carbocycles. The maximum atomic E-state index is 5.04. The first-order chi connectivity index (χ1) is 13.8. The molecule has 0 saturated heterocycles. The Bertz CT molecular complexity index is 992. The van der Waals surface area contributed by atoms with Gasteiger partial charge in [-0.3, -0.25) is 0 Å². The van der Waals surface area contributed by atoms with Crippen LogP contribution in [0.15, 0.2) is 105 Å². The number of hydrogen-bond donors (Lipinski definition) is 0. The second-order valence-electron chi connectivity index (χ2n) is 6.87. The highest BCUT2D eigenvalue weighted by molar-refractivity contribution is 8.14. The second kappa shape index (κ2) is 9.31. The summed E-state index contributed by atoms with van der Waals surface area (Å²) in [6.07, 6.45) is 3.65. The van der Waals surface area contributed by atoms with Crippen molar-refractivity contribution in [1.29, 1.82) is 0 Å². The first-order valence-electron chi connectivity index (χ1n) is 9.60. The molecule has 3 aromatic carbocycles. The molecule has 1 aliphatic rings. The first-order valence-corrected chi connectivity index (χ1v) is 11.3. The quantitative estimate of drug-likeness (QED) is 0.247. The van der Waals surface area contributed by atoms with Gasteiger partial charge in [-0.15, -0.1) is 0 Å². The van der Waals surface area contributed by atoms with Crippen molar-refractivity contribution in [3.05, 3.63) is 101 Å². The Morgan fingerprint density at radius 2 is 1.50 bits per heavy atom. The van der Waals surface area contributed by atoms with Crippen molar-refractivity contribution in [2.75, 3.05) is 0 Å². The van der Waals surface area contributed by atoms with Crippen LogP contribution in [0.1, 0.15) is 24.5 Å². The molecule has 0 spiro atoms. The zero-order chi connectivity index (χ0) is 19.2. The van der Waals surface area contributed by atoms with Gasteiger partial charge in [0, 0.05) is 9.79 Å². The molecule has 0 atom stereocenters. The molecule has 0 aliphatic heterocycles. The smallest absolute Gasteiger partial charge is 0.105 e. The SMILES string of the molecule is C/C(=C\Sc1ccccc1)C(=Nc1ccc2c(c1)CCC2)Sc1ccccc1. The molecule has 0 heterocycles. The Hall–Kier alpha value is -2.23. The lowest BCUT2D eigenvalue weighted by Crippen LogP contribution is -1.94. The van der Waals surface area contributed by atoms with Crippen LogP contribution in [0, 0.1) is 0 Å². The minimum absolute atomic E-state index is 1.05. The van der Waals surface area contributed by atoms with Crippen molar-refractivity contribution in [3.63, 3.8) is 0 Å². The van der Waals surface area contributed by atoms with E-state index in [0.717, 1.165) is 10.7 Å². The van der Waals surface area contributed by atoms with Crippen LogP contribution in [0.3, 0.4) is 0 Å². The third-order valence-electron chi connectivity index (χ3n) is 4.72.